The molecule has 0 spiro atoms. The lowest BCUT2D eigenvalue weighted by Crippen LogP contribution is -2.38. The molecule has 0 aromatic heterocycles. The van der Waals surface area contributed by atoms with E-state index < -0.39 is 33.9 Å². The Morgan fingerprint density at radius 1 is 1.03 bits per heavy atom. The van der Waals surface area contributed by atoms with Gasteiger partial charge in [0.1, 0.15) is 5.82 Å². The van der Waals surface area contributed by atoms with Gasteiger partial charge in [-0.05, 0) is 54.7 Å². The van der Waals surface area contributed by atoms with Gasteiger partial charge < -0.3 is 10.1 Å². The summed E-state index contributed by atoms with van der Waals surface area (Å²) in [6, 6.07) is 11.9. The van der Waals surface area contributed by atoms with Gasteiger partial charge in [0.15, 0.2) is 6.61 Å². The zero-order valence-electron chi connectivity index (χ0n) is 17.0. The molecule has 3 rings (SSSR count). The maximum Gasteiger partial charge on any atom is 0.317 e. The number of ether oxygens (including phenoxy) is 1. The first-order valence-corrected chi connectivity index (χ1v) is 11.6. The number of nitrogens with one attached hydrogen (secondary N) is 1. The van der Waals surface area contributed by atoms with Crippen molar-refractivity contribution in [1.29, 1.82) is 0 Å². The summed E-state index contributed by atoms with van der Waals surface area (Å²) >= 11 is 0. The van der Waals surface area contributed by atoms with Crippen molar-refractivity contribution in [2.75, 3.05) is 13.2 Å². The first-order valence-electron chi connectivity index (χ1n) is 10.0. The molecule has 0 bridgehead atoms. The van der Waals surface area contributed by atoms with Crippen molar-refractivity contribution in [3.63, 3.8) is 0 Å². The monoisotopic (exact) mass is 448 g/mol. The summed E-state index contributed by atoms with van der Waals surface area (Å²) in [5, 5.41) is 7.73. The zero-order valence-corrected chi connectivity index (χ0v) is 17.8. The van der Waals surface area contributed by atoms with Gasteiger partial charge in [0.2, 0.25) is 10.0 Å². The molecule has 166 valence electrons. The molecule has 0 unspecified atom stereocenters. The van der Waals surface area contributed by atoms with Crippen molar-refractivity contribution in [3.05, 3.63) is 65.5 Å². The fourth-order valence-electron chi connectivity index (χ4n) is 3.87. The average Bonchev–Trinajstić information content (AvgIpc) is 3.23. The van der Waals surface area contributed by atoms with Gasteiger partial charge in [-0.2, -0.15) is 0 Å². The molecule has 0 saturated heterocycles. The molecule has 7 nitrogen and oxygen atoms in total. The molecule has 31 heavy (non-hydrogen) atoms. The number of carbonyl (C=O) groups is 2. The van der Waals surface area contributed by atoms with Crippen LogP contribution in [-0.2, 0) is 36.2 Å². The van der Waals surface area contributed by atoms with Crippen LogP contribution in [0.5, 0.6) is 0 Å². The van der Waals surface area contributed by atoms with Crippen molar-refractivity contribution in [2.45, 2.75) is 42.4 Å². The average molecular weight is 449 g/mol. The molecule has 2 aromatic rings. The van der Waals surface area contributed by atoms with E-state index in [0.717, 1.165) is 18.4 Å². The number of carbonyl (C=O) groups excluding carboxylic acids is 2. The molecule has 1 amide bonds. The number of primary sulfonamides is 1. The van der Waals surface area contributed by atoms with Crippen LogP contribution in [-0.4, -0.2) is 33.4 Å². The minimum absolute atomic E-state index is 0.0224. The predicted molar refractivity (Wildman–Crippen MR) is 112 cm³/mol. The number of nitrogens with two attached hydrogens (primary N) is 1. The van der Waals surface area contributed by atoms with Crippen LogP contribution in [0.2, 0.25) is 0 Å². The Morgan fingerprint density at radius 3 is 2.23 bits per heavy atom. The Kier molecular flexibility index (Phi) is 7.07. The Hall–Kier alpha value is -2.78. The van der Waals surface area contributed by atoms with Crippen LogP contribution in [0.25, 0.3) is 0 Å². The molecule has 0 aliphatic heterocycles. The second kappa shape index (κ2) is 9.57. The topological polar surface area (TPSA) is 116 Å². The predicted octanol–water partition coefficient (Wildman–Crippen LogP) is 2.19. The molecule has 1 aliphatic carbocycles. The lowest BCUT2D eigenvalue weighted by molar-refractivity contribution is -0.154. The number of hydrogen-bond acceptors (Lipinski definition) is 5. The molecular formula is C22H25FN2O5S. The molecule has 1 saturated carbocycles. The molecule has 0 atom stereocenters. The second-order valence-electron chi connectivity index (χ2n) is 7.66. The van der Waals surface area contributed by atoms with Crippen LogP contribution >= 0.6 is 0 Å². The van der Waals surface area contributed by atoms with Crippen LogP contribution in [0, 0.1) is 5.82 Å². The standard InChI is InChI=1S/C22H25FN2O5S/c23-18-7-5-17(6-8-18)22(12-1-2-13-22)21(27)30-15-20(26)25-14-11-16-3-9-19(10-4-16)31(24,28)29/h3-10H,1-2,11-15H2,(H,25,26)(H2,24,28,29). The van der Waals surface area contributed by atoms with Crippen molar-refractivity contribution >= 4 is 21.9 Å². The quantitative estimate of drug-likeness (QED) is 0.601. The minimum Gasteiger partial charge on any atom is -0.455 e. The normalized spacial score (nSPS) is 15.4. The van der Waals surface area contributed by atoms with Gasteiger partial charge in [-0.1, -0.05) is 37.1 Å². The molecule has 1 fully saturated rings. The molecule has 9 heteroatoms. The number of esters is 1. The largest absolute Gasteiger partial charge is 0.455 e. The van der Waals surface area contributed by atoms with Crippen LogP contribution in [0.1, 0.15) is 36.8 Å². The lowest BCUT2D eigenvalue weighted by Gasteiger charge is -2.27. The van der Waals surface area contributed by atoms with Crippen molar-refractivity contribution in [3.8, 4) is 0 Å². The Bertz CT molecular complexity index is 1030. The first kappa shape index (κ1) is 22.9. The fourth-order valence-corrected chi connectivity index (χ4v) is 4.39. The summed E-state index contributed by atoms with van der Waals surface area (Å²) in [4.78, 5) is 24.9. The summed E-state index contributed by atoms with van der Waals surface area (Å²) in [5.41, 5.74) is 0.699. The zero-order chi connectivity index (χ0) is 22.5. The van der Waals surface area contributed by atoms with E-state index >= 15 is 0 Å². The van der Waals surface area contributed by atoms with Gasteiger partial charge in [-0.3, -0.25) is 9.59 Å². The third-order valence-electron chi connectivity index (χ3n) is 5.57. The van der Waals surface area contributed by atoms with Gasteiger partial charge in [0.25, 0.3) is 5.91 Å². The van der Waals surface area contributed by atoms with E-state index in [0.29, 0.717) is 31.4 Å². The van der Waals surface area contributed by atoms with Gasteiger partial charge in [-0.15, -0.1) is 0 Å². The smallest absolute Gasteiger partial charge is 0.317 e. The van der Waals surface area contributed by atoms with Crippen LogP contribution in [0.4, 0.5) is 4.39 Å². The summed E-state index contributed by atoms with van der Waals surface area (Å²) < 4.78 is 41.1. The minimum atomic E-state index is -3.74. The molecule has 3 N–H and O–H groups in total. The summed E-state index contributed by atoms with van der Waals surface area (Å²) in [6.07, 6.45) is 3.41. The highest BCUT2D eigenvalue weighted by atomic mass is 32.2. The van der Waals surface area contributed by atoms with Crippen molar-refractivity contribution in [2.24, 2.45) is 5.14 Å². The Balaban J connectivity index is 1.49. The highest BCUT2D eigenvalue weighted by molar-refractivity contribution is 7.89. The van der Waals surface area contributed by atoms with Gasteiger partial charge >= 0.3 is 5.97 Å². The Labute approximate surface area is 180 Å². The Morgan fingerprint density at radius 2 is 1.65 bits per heavy atom. The molecule has 2 aromatic carbocycles. The van der Waals surface area contributed by atoms with E-state index in [-0.39, 0.29) is 10.7 Å². The van der Waals surface area contributed by atoms with Gasteiger partial charge in [0.05, 0.1) is 10.3 Å². The first-order chi connectivity index (χ1) is 14.7. The number of halogens is 1. The number of amides is 1. The highest BCUT2D eigenvalue weighted by Crippen LogP contribution is 2.42. The summed E-state index contributed by atoms with van der Waals surface area (Å²) in [7, 11) is -3.74. The van der Waals surface area contributed by atoms with Crippen LogP contribution < -0.4 is 10.5 Å². The number of benzene rings is 2. The summed E-state index contributed by atoms with van der Waals surface area (Å²) in [5.74, 6) is -1.27. The number of rotatable bonds is 8. The van der Waals surface area contributed by atoms with E-state index in [4.69, 9.17) is 9.88 Å². The third-order valence-corrected chi connectivity index (χ3v) is 6.50. The maximum atomic E-state index is 13.3. The van der Waals surface area contributed by atoms with Crippen molar-refractivity contribution < 1.29 is 27.1 Å². The van der Waals surface area contributed by atoms with Crippen LogP contribution in [0.3, 0.4) is 0 Å². The SMILES string of the molecule is NS(=O)(=O)c1ccc(CCNC(=O)COC(=O)C2(c3ccc(F)cc3)CCCC2)cc1. The summed E-state index contributed by atoms with van der Waals surface area (Å²) in [6.45, 7) is -0.0969. The molecule has 1 aliphatic rings. The van der Waals surface area contributed by atoms with E-state index in [1.165, 1.54) is 24.3 Å². The lowest BCUT2D eigenvalue weighted by atomic mass is 9.79. The molecule has 0 heterocycles. The van der Waals surface area contributed by atoms with E-state index in [1.54, 1.807) is 24.3 Å². The highest BCUT2D eigenvalue weighted by Gasteiger charge is 2.44. The van der Waals surface area contributed by atoms with Gasteiger partial charge in [0, 0.05) is 6.54 Å². The maximum absolute atomic E-state index is 13.3. The van der Waals surface area contributed by atoms with Crippen molar-refractivity contribution in [1.82, 2.24) is 5.32 Å². The van der Waals surface area contributed by atoms with E-state index in [9.17, 15) is 22.4 Å². The van der Waals surface area contributed by atoms with Crippen LogP contribution in [0.15, 0.2) is 53.4 Å². The molecular weight excluding hydrogens is 423 g/mol. The second-order valence-corrected chi connectivity index (χ2v) is 9.22. The fraction of sp³-hybridized carbons (Fsp3) is 0.364. The molecule has 0 radical (unpaired) electrons. The van der Waals surface area contributed by atoms with E-state index in [1.807, 2.05) is 0 Å². The third kappa shape index (κ3) is 5.68. The van der Waals surface area contributed by atoms with Gasteiger partial charge in [-0.25, -0.2) is 17.9 Å². The van der Waals surface area contributed by atoms with E-state index in [2.05, 4.69) is 5.32 Å². The number of sulfonamides is 1. The number of hydrogen-bond donors (Lipinski definition) is 2.